The van der Waals surface area contributed by atoms with Gasteiger partial charge in [0.2, 0.25) is 5.91 Å². The summed E-state index contributed by atoms with van der Waals surface area (Å²) in [6, 6.07) is 6.35. The molecule has 0 fully saturated rings. The highest BCUT2D eigenvalue weighted by Crippen LogP contribution is 2.28. The molecule has 2 aromatic rings. The van der Waals surface area contributed by atoms with Gasteiger partial charge in [-0.05, 0) is 49.6 Å². The van der Waals surface area contributed by atoms with Crippen molar-refractivity contribution in [3.8, 4) is 5.75 Å². The minimum absolute atomic E-state index is 0.187. The smallest absolute Gasteiger partial charge is 0.272 e. The average Bonchev–Trinajstić information content (AvgIpc) is 2.66. The first-order valence-corrected chi connectivity index (χ1v) is 9.68. The quantitative estimate of drug-likeness (QED) is 0.663. The molecule has 0 aliphatic heterocycles. The zero-order valence-electron chi connectivity index (χ0n) is 17.8. The predicted molar refractivity (Wildman–Crippen MR) is 111 cm³/mol. The molecule has 0 radical (unpaired) electrons. The SMILES string of the molecule is Cc1cc(C(C)NC(=O)c2ccnc(NC(=O)C(C)C)c2)cc(C)c1OCC(F)F. The molecule has 0 saturated heterocycles. The van der Waals surface area contributed by atoms with Gasteiger partial charge in [0.1, 0.15) is 18.2 Å². The molecule has 30 heavy (non-hydrogen) atoms. The highest BCUT2D eigenvalue weighted by molar-refractivity contribution is 5.97. The lowest BCUT2D eigenvalue weighted by Crippen LogP contribution is -2.27. The summed E-state index contributed by atoms with van der Waals surface area (Å²) in [5.41, 5.74) is 2.62. The molecule has 162 valence electrons. The van der Waals surface area contributed by atoms with Crippen LogP contribution in [0.3, 0.4) is 0 Å². The third-order valence-electron chi connectivity index (χ3n) is 4.48. The first-order chi connectivity index (χ1) is 14.1. The number of hydrogen-bond donors (Lipinski definition) is 2. The number of nitrogens with one attached hydrogen (secondary N) is 2. The van der Waals surface area contributed by atoms with E-state index in [-0.39, 0.29) is 23.8 Å². The molecule has 6 nitrogen and oxygen atoms in total. The fraction of sp³-hybridized carbons (Fsp3) is 0.409. The summed E-state index contributed by atoms with van der Waals surface area (Å²) in [6.45, 7) is 8.25. The summed E-state index contributed by atoms with van der Waals surface area (Å²) < 4.78 is 30.1. The monoisotopic (exact) mass is 419 g/mol. The maximum absolute atomic E-state index is 12.7. The van der Waals surface area contributed by atoms with Gasteiger partial charge in [-0.1, -0.05) is 26.0 Å². The maximum Gasteiger partial charge on any atom is 0.272 e. The Morgan fingerprint density at radius 2 is 1.73 bits per heavy atom. The van der Waals surface area contributed by atoms with Crippen molar-refractivity contribution in [2.24, 2.45) is 5.92 Å². The molecule has 1 atom stereocenters. The number of hydrogen-bond acceptors (Lipinski definition) is 4. The lowest BCUT2D eigenvalue weighted by molar-refractivity contribution is -0.118. The number of amides is 2. The number of rotatable bonds is 8. The molecule has 0 spiro atoms. The fourth-order valence-corrected chi connectivity index (χ4v) is 2.88. The van der Waals surface area contributed by atoms with E-state index in [1.165, 1.54) is 12.3 Å². The van der Waals surface area contributed by atoms with Crippen LogP contribution in [0.15, 0.2) is 30.5 Å². The number of halogens is 2. The molecule has 8 heteroatoms. The lowest BCUT2D eigenvalue weighted by Gasteiger charge is -2.19. The predicted octanol–water partition coefficient (Wildman–Crippen LogP) is 4.43. The van der Waals surface area contributed by atoms with Gasteiger partial charge >= 0.3 is 0 Å². The van der Waals surface area contributed by atoms with Gasteiger partial charge < -0.3 is 15.4 Å². The minimum atomic E-state index is -2.54. The minimum Gasteiger partial charge on any atom is -0.487 e. The number of anilines is 1. The van der Waals surface area contributed by atoms with E-state index in [2.05, 4.69) is 15.6 Å². The van der Waals surface area contributed by atoms with Crippen LogP contribution in [0.4, 0.5) is 14.6 Å². The van der Waals surface area contributed by atoms with Crippen LogP contribution in [-0.4, -0.2) is 29.8 Å². The molecular formula is C22H27F2N3O3. The van der Waals surface area contributed by atoms with E-state index in [1.807, 2.05) is 6.92 Å². The Morgan fingerprint density at radius 3 is 2.30 bits per heavy atom. The number of aromatic nitrogens is 1. The topological polar surface area (TPSA) is 80.3 Å². The van der Waals surface area contributed by atoms with Crippen LogP contribution in [-0.2, 0) is 4.79 Å². The summed E-state index contributed by atoms with van der Waals surface area (Å²) in [5.74, 6) is 0.0219. The molecular weight excluding hydrogens is 392 g/mol. The van der Waals surface area contributed by atoms with E-state index in [4.69, 9.17) is 4.74 Å². The van der Waals surface area contributed by atoms with Gasteiger partial charge in [-0.2, -0.15) is 0 Å². The zero-order valence-corrected chi connectivity index (χ0v) is 17.8. The molecule has 1 heterocycles. The van der Waals surface area contributed by atoms with Crippen molar-refractivity contribution in [1.82, 2.24) is 10.3 Å². The number of alkyl halides is 2. The molecule has 1 aromatic carbocycles. The number of benzene rings is 1. The van der Waals surface area contributed by atoms with Crippen molar-refractivity contribution in [1.29, 1.82) is 0 Å². The van der Waals surface area contributed by atoms with Crippen LogP contribution < -0.4 is 15.4 Å². The molecule has 0 bridgehead atoms. The number of ether oxygens (including phenoxy) is 1. The van der Waals surface area contributed by atoms with Crippen molar-refractivity contribution < 1.29 is 23.1 Å². The molecule has 1 unspecified atom stereocenters. The van der Waals surface area contributed by atoms with Crippen LogP contribution in [0.25, 0.3) is 0 Å². The van der Waals surface area contributed by atoms with E-state index in [1.54, 1.807) is 45.9 Å². The summed E-state index contributed by atoms with van der Waals surface area (Å²) in [5, 5.41) is 5.56. The average molecular weight is 419 g/mol. The molecule has 1 aromatic heterocycles. The van der Waals surface area contributed by atoms with Crippen LogP contribution in [0.1, 0.15) is 53.9 Å². The normalized spacial score (nSPS) is 12.0. The van der Waals surface area contributed by atoms with Gasteiger partial charge in [-0.3, -0.25) is 9.59 Å². The van der Waals surface area contributed by atoms with Crippen molar-refractivity contribution in [3.63, 3.8) is 0 Å². The highest BCUT2D eigenvalue weighted by Gasteiger charge is 2.16. The Hall–Kier alpha value is -3.03. The van der Waals surface area contributed by atoms with Gasteiger partial charge in [0, 0.05) is 17.7 Å². The Morgan fingerprint density at radius 1 is 1.10 bits per heavy atom. The third kappa shape index (κ3) is 6.23. The molecule has 2 rings (SSSR count). The Bertz CT molecular complexity index is 893. The van der Waals surface area contributed by atoms with Crippen LogP contribution >= 0.6 is 0 Å². The Kier molecular flexibility index (Phi) is 7.86. The van der Waals surface area contributed by atoms with E-state index >= 15 is 0 Å². The number of carbonyl (C=O) groups excluding carboxylic acids is 2. The number of aryl methyl sites for hydroxylation is 2. The van der Waals surface area contributed by atoms with Crippen molar-refractivity contribution in [3.05, 3.63) is 52.7 Å². The standard InChI is InChI=1S/C22H27F2N3O3/c1-12(2)21(28)27-19-10-16(6-7-25-19)22(29)26-15(5)17-8-13(3)20(14(4)9-17)30-11-18(23)24/h6-10,12,15,18H,11H2,1-5H3,(H,26,29)(H,25,27,28). The highest BCUT2D eigenvalue weighted by atomic mass is 19.3. The van der Waals surface area contributed by atoms with Crippen LogP contribution in [0.2, 0.25) is 0 Å². The summed E-state index contributed by atoms with van der Waals surface area (Å²) in [4.78, 5) is 28.5. The number of pyridine rings is 1. The maximum atomic E-state index is 12.7. The Labute approximate surface area is 175 Å². The third-order valence-corrected chi connectivity index (χ3v) is 4.48. The first kappa shape index (κ1) is 23.3. The second kappa shape index (κ2) is 10.1. The second-order valence-corrected chi connectivity index (χ2v) is 7.45. The van der Waals surface area contributed by atoms with Gasteiger partial charge in [0.05, 0.1) is 6.04 Å². The van der Waals surface area contributed by atoms with Crippen molar-refractivity contribution >= 4 is 17.6 Å². The second-order valence-electron chi connectivity index (χ2n) is 7.45. The largest absolute Gasteiger partial charge is 0.487 e. The summed E-state index contributed by atoms with van der Waals surface area (Å²) in [6.07, 6.45) is -1.09. The van der Waals surface area contributed by atoms with E-state index in [9.17, 15) is 18.4 Å². The molecule has 0 aliphatic carbocycles. The van der Waals surface area contributed by atoms with Crippen molar-refractivity contribution in [2.75, 3.05) is 11.9 Å². The number of carbonyl (C=O) groups is 2. The molecule has 0 saturated carbocycles. The summed E-state index contributed by atoms with van der Waals surface area (Å²) in [7, 11) is 0. The fourth-order valence-electron chi connectivity index (χ4n) is 2.88. The van der Waals surface area contributed by atoms with E-state index < -0.39 is 13.0 Å². The summed E-state index contributed by atoms with van der Waals surface area (Å²) >= 11 is 0. The van der Waals surface area contributed by atoms with E-state index in [0.29, 0.717) is 28.3 Å². The molecule has 2 N–H and O–H groups in total. The van der Waals surface area contributed by atoms with Gasteiger partial charge in [-0.15, -0.1) is 0 Å². The van der Waals surface area contributed by atoms with E-state index in [0.717, 1.165) is 5.56 Å². The Balaban J connectivity index is 2.11. The molecule has 0 aliphatic rings. The van der Waals surface area contributed by atoms with Gasteiger partial charge in [-0.25, -0.2) is 13.8 Å². The number of nitrogens with zero attached hydrogens (tertiary/aromatic N) is 1. The molecule has 2 amide bonds. The zero-order chi connectivity index (χ0) is 22.4. The van der Waals surface area contributed by atoms with Crippen LogP contribution in [0, 0.1) is 19.8 Å². The van der Waals surface area contributed by atoms with Gasteiger partial charge in [0.15, 0.2) is 0 Å². The van der Waals surface area contributed by atoms with Gasteiger partial charge in [0.25, 0.3) is 12.3 Å². The van der Waals surface area contributed by atoms with Crippen molar-refractivity contribution in [2.45, 2.75) is 47.1 Å². The lowest BCUT2D eigenvalue weighted by atomic mass is 10.0. The van der Waals surface area contributed by atoms with Crippen LogP contribution in [0.5, 0.6) is 5.75 Å². The first-order valence-electron chi connectivity index (χ1n) is 9.68.